The largest absolute Gasteiger partial charge is 0.446 e. The summed E-state index contributed by atoms with van der Waals surface area (Å²) in [7, 11) is 2.05. The van der Waals surface area contributed by atoms with Crippen molar-refractivity contribution in [1.82, 2.24) is 4.90 Å². The molecule has 1 aliphatic rings. The van der Waals surface area contributed by atoms with E-state index >= 15 is 0 Å². The Balaban J connectivity index is 1.64. The summed E-state index contributed by atoms with van der Waals surface area (Å²) in [6, 6.07) is 13.1. The van der Waals surface area contributed by atoms with Gasteiger partial charge in [-0.05, 0) is 55.8 Å². The van der Waals surface area contributed by atoms with Crippen molar-refractivity contribution >= 4 is 64.8 Å². The Morgan fingerprint density at radius 2 is 1.95 bits per heavy atom. The van der Waals surface area contributed by atoms with Crippen LogP contribution in [0.15, 0.2) is 78.8 Å². The lowest BCUT2D eigenvalue weighted by atomic mass is 10.1. The fourth-order valence-electron chi connectivity index (χ4n) is 4.09. The van der Waals surface area contributed by atoms with Crippen LogP contribution in [-0.4, -0.2) is 30.4 Å². The van der Waals surface area contributed by atoms with E-state index in [1.54, 1.807) is 34.9 Å². The van der Waals surface area contributed by atoms with Crippen molar-refractivity contribution in [3.05, 3.63) is 85.1 Å². The molecule has 0 aliphatic carbocycles. The number of nitrogens with zero attached hydrogens (tertiary/aromatic N) is 3. The standard InChI is InChI=1S/C28H29F3N3OS4/c1-5-20-11-12-22-24(15-20)38-27(32(22)4)19(3)37-26(33(6-2)18-35)16-25-34(13-14-36-25)17-21-9-7-8-10-23(21)39-28(29,30)31/h7-16,18H,5-6,17H2,1-4H3/q+1/b27-19+. The molecule has 4 rings (SSSR count). The van der Waals surface area contributed by atoms with Gasteiger partial charge < -0.3 is 9.80 Å². The summed E-state index contributed by atoms with van der Waals surface area (Å²) in [5.41, 5.74) is -1.33. The van der Waals surface area contributed by atoms with Crippen LogP contribution in [0.5, 0.6) is 0 Å². The highest BCUT2D eigenvalue weighted by Crippen LogP contribution is 2.49. The van der Waals surface area contributed by atoms with Gasteiger partial charge in [0.15, 0.2) is 12.7 Å². The number of fused-ring (bicyclic) bond motifs is 1. The molecule has 0 unspecified atom stereocenters. The molecule has 206 valence electrons. The van der Waals surface area contributed by atoms with Crippen LogP contribution < -0.4 is 9.47 Å². The molecule has 0 atom stereocenters. The zero-order valence-corrected chi connectivity index (χ0v) is 25.3. The third-order valence-electron chi connectivity index (χ3n) is 6.11. The molecule has 0 saturated heterocycles. The lowest BCUT2D eigenvalue weighted by Gasteiger charge is -2.21. The molecule has 0 saturated carbocycles. The molecule has 0 radical (unpaired) electrons. The molecule has 1 amide bonds. The van der Waals surface area contributed by atoms with Crippen LogP contribution in [-0.2, 0) is 17.8 Å². The number of rotatable bonds is 10. The first-order valence-corrected chi connectivity index (χ1v) is 15.6. The predicted octanol–water partition coefficient (Wildman–Crippen LogP) is 8.20. The number of hydrogen-bond acceptors (Lipinski definition) is 6. The highest BCUT2D eigenvalue weighted by atomic mass is 32.2. The molecule has 0 fully saturated rings. The summed E-state index contributed by atoms with van der Waals surface area (Å²) in [6.07, 6.45) is 5.59. The minimum atomic E-state index is -4.36. The van der Waals surface area contributed by atoms with Gasteiger partial charge in [0.1, 0.15) is 0 Å². The average Bonchev–Trinajstić information content (AvgIpc) is 3.48. The van der Waals surface area contributed by atoms with Gasteiger partial charge in [-0.25, -0.2) is 0 Å². The lowest BCUT2D eigenvalue weighted by molar-refractivity contribution is -0.685. The van der Waals surface area contributed by atoms with Gasteiger partial charge in [0.25, 0.3) is 5.01 Å². The topological polar surface area (TPSA) is 27.4 Å². The van der Waals surface area contributed by atoms with E-state index in [2.05, 4.69) is 36.9 Å². The van der Waals surface area contributed by atoms with Crippen LogP contribution in [0.1, 0.15) is 36.9 Å². The van der Waals surface area contributed by atoms with E-state index in [0.29, 0.717) is 12.1 Å². The number of aromatic nitrogens is 1. The maximum atomic E-state index is 13.1. The van der Waals surface area contributed by atoms with Crippen molar-refractivity contribution in [1.29, 1.82) is 0 Å². The number of amides is 1. The molecular formula is C28H29F3N3OS4+. The summed E-state index contributed by atoms with van der Waals surface area (Å²) < 4.78 is 41.3. The first kappa shape index (κ1) is 29.6. The molecule has 1 aliphatic heterocycles. The highest BCUT2D eigenvalue weighted by molar-refractivity contribution is 8.09. The van der Waals surface area contributed by atoms with Crippen molar-refractivity contribution in [2.75, 3.05) is 18.5 Å². The number of carbonyl (C=O) groups excluding carboxylic acids is 1. The molecule has 1 aromatic heterocycles. The van der Waals surface area contributed by atoms with E-state index in [4.69, 9.17) is 0 Å². The van der Waals surface area contributed by atoms with E-state index in [0.717, 1.165) is 38.5 Å². The van der Waals surface area contributed by atoms with Gasteiger partial charge in [0, 0.05) is 33.9 Å². The Hall–Kier alpha value is -2.34. The Labute approximate surface area is 244 Å². The zero-order chi connectivity index (χ0) is 28.2. The van der Waals surface area contributed by atoms with Crippen LogP contribution in [0.2, 0.25) is 0 Å². The Morgan fingerprint density at radius 3 is 2.64 bits per heavy atom. The van der Waals surface area contributed by atoms with Gasteiger partial charge in [0.2, 0.25) is 6.41 Å². The van der Waals surface area contributed by atoms with Crippen molar-refractivity contribution in [2.24, 2.45) is 0 Å². The van der Waals surface area contributed by atoms with E-state index in [-0.39, 0.29) is 23.2 Å². The van der Waals surface area contributed by atoms with Gasteiger partial charge in [-0.15, -0.1) is 0 Å². The summed E-state index contributed by atoms with van der Waals surface area (Å²) in [4.78, 5) is 18.3. The van der Waals surface area contributed by atoms with Crippen LogP contribution in [0, 0.1) is 0 Å². The van der Waals surface area contributed by atoms with Crippen LogP contribution in [0.3, 0.4) is 0 Å². The zero-order valence-electron chi connectivity index (χ0n) is 22.0. The van der Waals surface area contributed by atoms with Crippen molar-refractivity contribution in [3.63, 3.8) is 0 Å². The molecule has 4 nitrogen and oxygen atoms in total. The van der Waals surface area contributed by atoms with Gasteiger partial charge in [-0.2, -0.15) is 17.7 Å². The minimum Gasteiger partial charge on any atom is -0.337 e. The fraction of sp³-hybridized carbons (Fsp3) is 0.286. The number of carbonyl (C=O) groups is 1. The quantitative estimate of drug-likeness (QED) is 0.131. The number of thioether (sulfide) groups is 3. The summed E-state index contributed by atoms with van der Waals surface area (Å²) >= 11 is 4.63. The highest BCUT2D eigenvalue weighted by Gasteiger charge is 2.31. The molecule has 2 aromatic carbocycles. The molecule has 39 heavy (non-hydrogen) atoms. The SMILES string of the molecule is CCc1ccc2c(c1)S/C(=C(\C)S/C(=C\c1scc[n+]1Cc1ccccc1SC(F)(F)F)N(C=O)CC)N2C. The molecular weight excluding hydrogens is 580 g/mol. The summed E-state index contributed by atoms with van der Waals surface area (Å²) in [5.74, 6) is 0. The van der Waals surface area contributed by atoms with Crippen molar-refractivity contribution < 1.29 is 22.5 Å². The normalized spacial score (nSPS) is 14.9. The van der Waals surface area contributed by atoms with Gasteiger partial charge in [-0.3, -0.25) is 4.79 Å². The number of anilines is 1. The van der Waals surface area contributed by atoms with Crippen molar-refractivity contribution in [3.8, 4) is 0 Å². The summed E-state index contributed by atoms with van der Waals surface area (Å²) in [5, 5.41) is 4.60. The number of aryl methyl sites for hydroxylation is 1. The van der Waals surface area contributed by atoms with Gasteiger partial charge in [0.05, 0.1) is 27.2 Å². The molecule has 11 heteroatoms. The minimum absolute atomic E-state index is 0.0962. The number of hydrogen-bond donors (Lipinski definition) is 0. The van der Waals surface area contributed by atoms with E-state index in [1.165, 1.54) is 39.6 Å². The Morgan fingerprint density at radius 1 is 1.18 bits per heavy atom. The first-order chi connectivity index (χ1) is 18.6. The molecule has 0 N–H and O–H groups in total. The van der Waals surface area contributed by atoms with Gasteiger partial charge >= 0.3 is 5.51 Å². The van der Waals surface area contributed by atoms with E-state index in [9.17, 15) is 18.0 Å². The van der Waals surface area contributed by atoms with E-state index < -0.39 is 5.51 Å². The number of halogens is 3. The monoisotopic (exact) mass is 608 g/mol. The second-order valence-corrected chi connectivity index (χ2v) is 13.0. The molecule has 0 bridgehead atoms. The van der Waals surface area contributed by atoms with E-state index in [1.807, 2.05) is 36.2 Å². The number of allylic oxidation sites excluding steroid dienone is 1. The number of thiazole rings is 1. The second-order valence-electron chi connectivity index (χ2n) is 8.68. The molecule has 0 spiro atoms. The lowest BCUT2D eigenvalue weighted by Crippen LogP contribution is -2.35. The maximum absolute atomic E-state index is 13.1. The van der Waals surface area contributed by atoms with Crippen LogP contribution >= 0.6 is 46.6 Å². The van der Waals surface area contributed by atoms with Gasteiger partial charge in [-0.1, -0.05) is 66.0 Å². The summed E-state index contributed by atoms with van der Waals surface area (Å²) in [6.45, 7) is 6.88. The number of alkyl halides is 3. The molecule has 2 heterocycles. The predicted molar refractivity (Wildman–Crippen MR) is 159 cm³/mol. The fourth-order valence-corrected chi connectivity index (χ4v) is 7.97. The average molecular weight is 609 g/mol. The smallest absolute Gasteiger partial charge is 0.337 e. The number of benzene rings is 2. The Kier molecular flexibility index (Phi) is 9.79. The third-order valence-corrected chi connectivity index (χ3v) is 10.3. The second kappa shape index (κ2) is 12.9. The molecule has 3 aromatic rings. The van der Waals surface area contributed by atoms with Crippen LogP contribution in [0.4, 0.5) is 18.9 Å². The third kappa shape index (κ3) is 7.25. The maximum Gasteiger partial charge on any atom is 0.446 e. The van der Waals surface area contributed by atoms with Crippen molar-refractivity contribution in [2.45, 2.75) is 49.0 Å². The first-order valence-electron chi connectivity index (χ1n) is 12.3. The van der Waals surface area contributed by atoms with Crippen LogP contribution in [0.25, 0.3) is 6.08 Å². The Bertz CT molecular complexity index is 1400.